The fraction of sp³-hybridized carbons (Fsp3) is 0.316. The molecular formula is C19H22BFN2O2. The zero-order chi connectivity index (χ0) is 18.2. The second-order valence-electron chi connectivity index (χ2n) is 7.11. The quantitative estimate of drug-likeness (QED) is 0.677. The van der Waals surface area contributed by atoms with E-state index in [1.165, 1.54) is 0 Å². The molecule has 1 aliphatic heterocycles. The minimum absolute atomic E-state index is 0.289. The van der Waals surface area contributed by atoms with Gasteiger partial charge in [-0.1, -0.05) is 24.3 Å². The van der Waals surface area contributed by atoms with Crippen molar-refractivity contribution in [2.75, 3.05) is 5.73 Å². The highest BCUT2D eigenvalue weighted by Gasteiger charge is 2.53. The highest BCUT2D eigenvalue weighted by Crippen LogP contribution is 2.41. The van der Waals surface area contributed by atoms with Crippen LogP contribution in [-0.4, -0.2) is 23.3 Å². The molecule has 1 saturated heterocycles. The number of benzene rings is 1. The number of hydrogen-bond donors (Lipinski definition) is 1. The monoisotopic (exact) mass is 340 g/mol. The smallest absolute Gasteiger partial charge is 0.398 e. The molecule has 25 heavy (non-hydrogen) atoms. The standard InChI is InChI=1S/C19H22BFN2O2/c1-18(2)19(3,4)25-20(24-18)17(21)16(15-11-7-8-12-23-15)13-9-5-6-10-14(13)22/h5-12H,22H2,1-4H3. The second kappa shape index (κ2) is 6.28. The van der Waals surface area contributed by atoms with E-state index in [2.05, 4.69) is 4.98 Å². The first-order valence-electron chi connectivity index (χ1n) is 8.24. The number of nitrogens with two attached hydrogens (primary N) is 1. The van der Waals surface area contributed by atoms with Gasteiger partial charge in [-0.3, -0.25) is 4.98 Å². The molecule has 0 unspecified atom stereocenters. The summed E-state index contributed by atoms with van der Waals surface area (Å²) in [4.78, 5) is 4.30. The van der Waals surface area contributed by atoms with Crippen molar-refractivity contribution in [3.8, 4) is 0 Å². The maximum absolute atomic E-state index is 15.5. The molecule has 2 aromatic rings. The molecule has 0 amide bonds. The molecule has 0 atom stereocenters. The Morgan fingerprint density at radius 3 is 2.16 bits per heavy atom. The predicted molar refractivity (Wildman–Crippen MR) is 98.3 cm³/mol. The average Bonchev–Trinajstić information content (AvgIpc) is 2.78. The first-order chi connectivity index (χ1) is 11.7. The van der Waals surface area contributed by atoms with Crippen molar-refractivity contribution in [3.63, 3.8) is 0 Å². The zero-order valence-electron chi connectivity index (χ0n) is 14.9. The lowest BCUT2D eigenvalue weighted by atomic mass is 9.81. The van der Waals surface area contributed by atoms with E-state index in [0.717, 1.165) is 0 Å². The number of pyridine rings is 1. The Morgan fingerprint density at radius 1 is 1.00 bits per heavy atom. The Kier molecular flexibility index (Phi) is 4.43. The van der Waals surface area contributed by atoms with Crippen LogP contribution in [0.5, 0.6) is 0 Å². The summed E-state index contributed by atoms with van der Waals surface area (Å²) in [5.41, 5.74) is 6.09. The lowest BCUT2D eigenvalue weighted by Crippen LogP contribution is -2.41. The summed E-state index contributed by atoms with van der Waals surface area (Å²) < 4.78 is 27.3. The van der Waals surface area contributed by atoms with Crippen LogP contribution in [0.25, 0.3) is 5.57 Å². The van der Waals surface area contributed by atoms with Crippen LogP contribution in [0.3, 0.4) is 0 Å². The van der Waals surface area contributed by atoms with Crippen molar-refractivity contribution >= 4 is 18.4 Å². The fourth-order valence-corrected chi connectivity index (χ4v) is 2.69. The molecule has 2 heterocycles. The van der Waals surface area contributed by atoms with Crippen LogP contribution >= 0.6 is 0 Å². The lowest BCUT2D eigenvalue weighted by molar-refractivity contribution is 0.00578. The van der Waals surface area contributed by atoms with E-state index >= 15 is 4.39 Å². The molecule has 4 nitrogen and oxygen atoms in total. The topological polar surface area (TPSA) is 57.4 Å². The normalized spacial score (nSPS) is 19.6. The van der Waals surface area contributed by atoms with E-state index in [0.29, 0.717) is 16.9 Å². The predicted octanol–water partition coefficient (Wildman–Crippen LogP) is 4.02. The molecule has 1 aromatic heterocycles. The second-order valence-corrected chi connectivity index (χ2v) is 7.11. The van der Waals surface area contributed by atoms with Crippen LogP contribution in [0, 0.1) is 0 Å². The number of aromatic nitrogens is 1. The van der Waals surface area contributed by atoms with Crippen molar-refractivity contribution < 1.29 is 13.7 Å². The fourth-order valence-electron chi connectivity index (χ4n) is 2.69. The summed E-state index contributed by atoms with van der Waals surface area (Å²) in [5.74, 6) is 0. The van der Waals surface area contributed by atoms with Crippen LogP contribution in [0.2, 0.25) is 0 Å². The van der Waals surface area contributed by atoms with Gasteiger partial charge in [0.25, 0.3) is 0 Å². The first-order valence-corrected chi connectivity index (χ1v) is 8.24. The van der Waals surface area contributed by atoms with Gasteiger partial charge in [-0.2, -0.15) is 0 Å². The summed E-state index contributed by atoms with van der Waals surface area (Å²) >= 11 is 0. The number of anilines is 1. The molecule has 1 fully saturated rings. The van der Waals surface area contributed by atoms with Crippen LogP contribution in [-0.2, 0) is 9.31 Å². The van der Waals surface area contributed by atoms with E-state index in [9.17, 15) is 0 Å². The summed E-state index contributed by atoms with van der Waals surface area (Å²) in [6.07, 6.45) is 1.62. The van der Waals surface area contributed by atoms with E-state index in [1.807, 2.05) is 39.8 Å². The third kappa shape index (κ3) is 3.19. The number of para-hydroxylation sites is 1. The summed E-state index contributed by atoms with van der Waals surface area (Å²) in [6.45, 7) is 7.55. The first kappa shape index (κ1) is 17.6. The molecule has 0 saturated carbocycles. The Balaban J connectivity index is 2.15. The molecule has 0 aliphatic carbocycles. The van der Waals surface area contributed by atoms with Crippen LogP contribution in [0.4, 0.5) is 10.1 Å². The van der Waals surface area contributed by atoms with E-state index in [-0.39, 0.29) is 5.57 Å². The van der Waals surface area contributed by atoms with Gasteiger partial charge in [0.1, 0.15) is 5.73 Å². The molecular weight excluding hydrogens is 318 g/mol. The number of hydrogen-bond acceptors (Lipinski definition) is 4. The third-order valence-corrected chi connectivity index (χ3v) is 4.85. The van der Waals surface area contributed by atoms with E-state index < -0.39 is 24.0 Å². The van der Waals surface area contributed by atoms with Gasteiger partial charge in [0.05, 0.1) is 16.9 Å². The highest BCUT2D eigenvalue weighted by molar-refractivity contribution is 6.55. The molecule has 6 heteroatoms. The Bertz CT molecular complexity index is 790. The van der Waals surface area contributed by atoms with Gasteiger partial charge in [0.15, 0.2) is 0 Å². The number of nitrogens with zero attached hydrogens (tertiary/aromatic N) is 1. The van der Waals surface area contributed by atoms with Crippen molar-refractivity contribution in [2.24, 2.45) is 0 Å². The Morgan fingerprint density at radius 2 is 1.60 bits per heavy atom. The molecule has 0 radical (unpaired) electrons. The number of rotatable bonds is 3. The Hall–Kier alpha value is -2.18. The van der Waals surface area contributed by atoms with E-state index in [1.54, 1.807) is 36.5 Å². The molecule has 130 valence electrons. The molecule has 0 bridgehead atoms. The van der Waals surface area contributed by atoms with Crippen molar-refractivity contribution in [2.45, 2.75) is 38.9 Å². The van der Waals surface area contributed by atoms with Crippen LogP contribution in [0.1, 0.15) is 39.0 Å². The average molecular weight is 340 g/mol. The maximum Gasteiger partial charge on any atom is 0.525 e. The Labute approximate surface area is 148 Å². The van der Waals surface area contributed by atoms with Gasteiger partial charge in [-0.05, 0) is 45.9 Å². The van der Waals surface area contributed by atoms with Crippen molar-refractivity contribution in [1.29, 1.82) is 0 Å². The summed E-state index contributed by atoms with van der Waals surface area (Å²) in [6, 6.07) is 12.4. The minimum Gasteiger partial charge on any atom is -0.398 e. The maximum atomic E-state index is 15.5. The molecule has 0 spiro atoms. The highest BCUT2D eigenvalue weighted by atomic mass is 19.1. The number of halogens is 1. The zero-order valence-corrected chi connectivity index (χ0v) is 14.9. The van der Waals surface area contributed by atoms with Gasteiger partial charge < -0.3 is 15.0 Å². The largest absolute Gasteiger partial charge is 0.525 e. The van der Waals surface area contributed by atoms with Crippen LogP contribution < -0.4 is 5.73 Å². The van der Waals surface area contributed by atoms with Gasteiger partial charge >= 0.3 is 7.12 Å². The molecule has 1 aromatic carbocycles. The van der Waals surface area contributed by atoms with Crippen molar-refractivity contribution in [3.05, 3.63) is 65.6 Å². The van der Waals surface area contributed by atoms with Gasteiger partial charge in [0.2, 0.25) is 0 Å². The molecule has 3 rings (SSSR count). The van der Waals surface area contributed by atoms with Gasteiger partial charge in [0, 0.05) is 23.0 Å². The molecule has 2 N–H and O–H groups in total. The van der Waals surface area contributed by atoms with Gasteiger partial charge in [-0.15, -0.1) is 0 Å². The summed E-state index contributed by atoms with van der Waals surface area (Å²) in [5, 5.41) is 0. The van der Waals surface area contributed by atoms with Crippen LogP contribution in [0.15, 0.2) is 54.4 Å². The SMILES string of the molecule is CC1(C)OB(C(F)=C(c2ccccn2)c2ccccc2N)OC1(C)C. The van der Waals surface area contributed by atoms with E-state index in [4.69, 9.17) is 15.0 Å². The summed E-state index contributed by atoms with van der Waals surface area (Å²) in [7, 11) is -1.11. The van der Waals surface area contributed by atoms with Gasteiger partial charge in [-0.25, -0.2) is 4.39 Å². The number of nitrogen functional groups attached to an aromatic ring is 1. The van der Waals surface area contributed by atoms with Crippen molar-refractivity contribution in [1.82, 2.24) is 4.98 Å². The third-order valence-electron chi connectivity index (χ3n) is 4.85. The minimum atomic E-state index is -1.11. The lowest BCUT2D eigenvalue weighted by Gasteiger charge is -2.32. The molecule has 1 aliphatic rings.